The molecule has 0 aliphatic heterocycles. The molecule has 4 heteroatoms. The van der Waals surface area contributed by atoms with Gasteiger partial charge >= 0.3 is 19.5 Å². The average molecular weight is 761 g/mol. The van der Waals surface area contributed by atoms with Crippen LogP contribution in [-0.4, -0.2) is 12.3 Å². The van der Waals surface area contributed by atoms with Crippen LogP contribution < -0.4 is 21.2 Å². The molecule has 0 saturated carbocycles. The van der Waals surface area contributed by atoms with E-state index in [0.29, 0.717) is 0 Å². The van der Waals surface area contributed by atoms with Gasteiger partial charge in [-0.3, -0.25) is 0 Å². The summed E-state index contributed by atoms with van der Waals surface area (Å²) in [4.78, 5) is 1.23. The number of thiophene rings is 1. The molecule has 0 nitrogen and oxygen atoms in total. The fourth-order valence-corrected chi connectivity index (χ4v) is 11.3. The van der Waals surface area contributed by atoms with Gasteiger partial charge in [0.15, 0.2) is 0 Å². The predicted octanol–water partition coefficient (Wildman–Crippen LogP) is 10.5. The first-order valence-corrected chi connectivity index (χ1v) is 19.6. The van der Waals surface area contributed by atoms with Crippen molar-refractivity contribution in [1.29, 1.82) is 0 Å². The van der Waals surface area contributed by atoms with E-state index in [1.807, 2.05) is 54.6 Å². The maximum atomic E-state index is 6.96. The van der Waals surface area contributed by atoms with E-state index in [9.17, 15) is 0 Å². The quantitative estimate of drug-likeness (QED) is 0.0595. The summed E-state index contributed by atoms with van der Waals surface area (Å²) in [6, 6.07) is 66.4. The molecule has 0 spiro atoms. The molecule has 0 unspecified atom stereocenters. The molecule has 48 heavy (non-hydrogen) atoms. The molecule has 0 saturated heterocycles. The smallest absolute Gasteiger partial charge is 0.214 e. The van der Waals surface area contributed by atoms with E-state index in [0.717, 1.165) is 5.56 Å². The van der Waals surface area contributed by atoms with E-state index in [1.54, 1.807) is 17.4 Å². The molecule has 236 valence electrons. The summed E-state index contributed by atoms with van der Waals surface area (Å²) in [5, 5.41) is 7.94. The monoisotopic (exact) mass is 761 g/mol. The van der Waals surface area contributed by atoms with Crippen LogP contribution in [0.3, 0.4) is 0 Å². The summed E-state index contributed by atoms with van der Waals surface area (Å²) in [5.41, 5.74) is 4.53. The summed E-state index contributed by atoms with van der Waals surface area (Å²) in [7, 11) is -0.696. The van der Waals surface area contributed by atoms with Crippen molar-refractivity contribution in [2.75, 3.05) is 12.3 Å². The van der Waals surface area contributed by atoms with Crippen LogP contribution in [0.25, 0.3) is 16.5 Å². The molecule has 0 atom stereocenters. The fraction of sp³-hybridized carbons (Fsp3) is 0.0455. The molecule has 7 rings (SSSR count). The van der Waals surface area contributed by atoms with Gasteiger partial charge in [-0.1, -0.05) is 152 Å². The molecule has 0 aliphatic carbocycles. The van der Waals surface area contributed by atoms with Gasteiger partial charge in [0.1, 0.15) is 0 Å². The minimum Gasteiger partial charge on any atom is -0.214 e. The van der Waals surface area contributed by atoms with Gasteiger partial charge in [-0.05, 0) is 78.0 Å². The molecule has 0 bridgehead atoms. The molecule has 0 aliphatic rings. The van der Waals surface area contributed by atoms with Crippen LogP contribution in [-0.2, 0) is 19.5 Å². The number of hydrogen-bond donors (Lipinski definition) is 0. The maximum absolute atomic E-state index is 6.96. The normalized spacial score (nSPS) is 10.0. The average Bonchev–Trinajstić information content (AvgIpc) is 3.91. The Kier molecular flexibility index (Phi) is 16.3. The summed E-state index contributed by atoms with van der Waals surface area (Å²) in [5.74, 6) is 0. The van der Waals surface area contributed by atoms with Crippen LogP contribution in [0, 0.1) is 6.58 Å². The first-order valence-electron chi connectivity index (χ1n) is 15.6. The van der Waals surface area contributed by atoms with Crippen LogP contribution in [0.5, 0.6) is 0 Å². The van der Waals surface area contributed by atoms with Crippen molar-refractivity contribution in [3.63, 3.8) is 0 Å². The maximum Gasteiger partial charge on any atom is 2.00 e. The zero-order valence-corrected chi connectivity index (χ0v) is 31.0. The van der Waals surface area contributed by atoms with Crippen molar-refractivity contribution in [3.8, 4) is 10.4 Å². The first-order chi connectivity index (χ1) is 23.3. The second-order valence-corrected chi connectivity index (χ2v) is 16.1. The van der Waals surface area contributed by atoms with Crippen LogP contribution in [0.1, 0.15) is 5.56 Å². The van der Waals surface area contributed by atoms with Crippen LogP contribution in [0.15, 0.2) is 199 Å². The first kappa shape index (κ1) is 37.0. The second kappa shape index (κ2) is 21.2. The second-order valence-electron chi connectivity index (χ2n) is 10.5. The van der Waals surface area contributed by atoms with Gasteiger partial charge < -0.3 is 0 Å². The number of rotatable bonds is 9. The van der Waals surface area contributed by atoms with Gasteiger partial charge in [-0.25, -0.2) is 12.1 Å². The molecule has 6 aromatic carbocycles. The topological polar surface area (TPSA) is 0 Å². The Bertz CT molecular complexity index is 1690. The summed E-state index contributed by atoms with van der Waals surface area (Å²) >= 11 is 1.71. The van der Waals surface area contributed by atoms with Crippen LogP contribution in [0.4, 0.5) is 0 Å². The van der Waals surface area contributed by atoms with Gasteiger partial charge in [-0.2, -0.15) is 18.2 Å². The molecule has 0 amide bonds. The van der Waals surface area contributed by atoms with E-state index in [2.05, 4.69) is 145 Å². The van der Waals surface area contributed by atoms with Crippen molar-refractivity contribution in [2.45, 2.75) is 0 Å². The Hall–Kier alpha value is -3.85. The van der Waals surface area contributed by atoms with E-state index in [4.69, 9.17) is 6.58 Å². The van der Waals surface area contributed by atoms with E-state index >= 15 is 0 Å². The van der Waals surface area contributed by atoms with Crippen LogP contribution >= 0.6 is 27.2 Å². The van der Waals surface area contributed by atoms with Crippen molar-refractivity contribution in [1.82, 2.24) is 0 Å². The van der Waals surface area contributed by atoms with Crippen molar-refractivity contribution in [2.24, 2.45) is 0 Å². The molecule has 1 heterocycles. The van der Waals surface area contributed by atoms with E-state index in [-0.39, 0.29) is 35.3 Å². The Morgan fingerprint density at radius 2 is 0.938 bits per heavy atom. The van der Waals surface area contributed by atoms with Gasteiger partial charge in [0.05, 0.1) is 0 Å². The third kappa shape index (κ3) is 11.4. The third-order valence-electron chi connectivity index (χ3n) is 7.35. The summed E-state index contributed by atoms with van der Waals surface area (Å²) in [6.45, 7) is 6.96. The molecule has 1 aromatic heterocycles. The van der Waals surface area contributed by atoms with Crippen LogP contribution in [0.2, 0.25) is 0 Å². The predicted molar refractivity (Wildman–Crippen MR) is 211 cm³/mol. The zero-order chi connectivity index (χ0) is 32.4. The summed E-state index contributed by atoms with van der Waals surface area (Å²) in [6.07, 6.45) is 4.10. The van der Waals surface area contributed by atoms with Crippen molar-refractivity contribution in [3.05, 3.63) is 211 Å². The molecular formula is C44H37P2RuS+. The zero-order valence-electron chi connectivity index (χ0n) is 26.6. The van der Waals surface area contributed by atoms with E-state index in [1.165, 1.54) is 44.0 Å². The minimum absolute atomic E-state index is 0. The Morgan fingerprint density at radius 3 is 1.29 bits per heavy atom. The van der Waals surface area contributed by atoms with Crippen molar-refractivity contribution >= 4 is 54.5 Å². The van der Waals surface area contributed by atoms with Crippen molar-refractivity contribution < 1.29 is 19.5 Å². The Labute approximate surface area is 306 Å². The standard InChI is InChI=1S/C26H24P2.C13H8S.C5H5.Ru/c1-5-13-23(14-6-1)27(24-15-7-2-8-16-24)21-22-28(25-17-9-3-10-18-25)26-19-11-4-12-20-26;1-2-6-11-7-3-4-8-12(11)13-9-5-10-14-13;1-2-4-5-3-1;/h1-20H,21-22H2;3-10H;1-5H;/q;;-1;+2. The summed E-state index contributed by atoms with van der Waals surface area (Å²) < 4.78 is 0. The minimum atomic E-state index is -0.348. The van der Waals surface area contributed by atoms with Gasteiger partial charge in [0.2, 0.25) is 0 Å². The molecule has 7 aromatic rings. The molecule has 0 N–H and O–H groups in total. The van der Waals surface area contributed by atoms with E-state index < -0.39 is 0 Å². The van der Waals surface area contributed by atoms with Gasteiger partial charge in [0.25, 0.3) is 0 Å². The molecule has 2 radical (unpaired) electrons. The number of hydrogen-bond acceptors (Lipinski definition) is 1. The Morgan fingerprint density at radius 1 is 0.521 bits per heavy atom. The largest absolute Gasteiger partial charge is 2.00 e. The molecular weight excluding hydrogens is 724 g/mol. The van der Waals surface area contributed by atoms with Gasteiger partial charge in [0, 0.05) is 11.5 Å². The third-order valence-corrected chi connectivity index (χ3v) is 13.6. The van der Waals surface area contributed by atoms with Gasteiger partial charge in [-0.15, -0.1) is 17.1 Å². The molecule has 0 fully saturated rings. The SMILES string of the molecule is [C]=C=Cc1ccccc1-c1cccs1.[Ru+2].c1cc[cH-]c1.c1ccc(P(CCP(c2ccccc2)c2ccccc2)c2ccccc2)cc1. The number of benzene rings is 5. The Balaban J connectivity index is 0.000000215. The fourth-order valence-electron chi connectivity index (χ4n) is 5.12.